The summed E-state index contributed by atoms with van der Waals surface area (Å²) in [6.45, 7) is 6.72. The predicted molar refractivity (Wildman–Crippen MR) is 37.0 cm³/mol. The number of carbonyl (C=O) groups is 1. The van der Waals surface area contributed by atoms with Gasteiger partial charge in [0, 0.05) is 0 Å². The van der Waals surface area contributed by atoms with Crippen molar-refractivity contribution in [3.63, 3.8) is 0 Å². The van der Waals surface area contributed by atoms with Crippen molar-refractivity contribution in [2.24, 2.45) is 0 Å². The molecule has 4 nitrogen and oxygen atoms in total. The normalized spacial score (nSPS) is 12.3. The van der Waals surface area contributed by atoms with Gasteiger partial charge in [-0.25, -0.2) is 4.79 Å². The molecule has 1 atom stereocenters. The summed E-state index contributed by atoms with van der Waals surface area (Å²) in [5.41, 5.74) is 0.0434. The highest BCUT2D eigenvalue weighted by molar-refractivity contribution is 5.88. The Hall–Kier alpha value is -0.870. The van der Waals surface area contributed by atoms with Gasteiger partial charge in [-0.15, -0.1) is 0 Å². The molecule has 63 valence electrons. The third-order valence-electron chi connectivity index (χ3n) is 1.17. The molecule has 0 aromatic rings. The van der Waals surface area contributed by atoms with E-state index >= 15 is 0 Å². The summed E-state index contributed by atoms with van der Waals surface area (Å²) >= 11 is 0. The van der Waals surface area contributed by atoms with E-state index in [9.17, 15) is 10.1 Å². The minimum Gasteiger partial charge on any atom is -0.463 e. The Kier molecular flexibility index (Phi) is 4.49. The van der Waals surface area contributed by atoms with Gasteiger partial charge in [0.05, 0.1) is 12.2 Å². The molecule has 0 aliphatic heterocycles. The van der Waals surface area contributed by atoms with E-state index in [0.717, 1.165) is 0 Å². The summed E-state index contributed by atoms with van der Waals surface area (Å²) < 4.78 is 4.57. The molecule has 0 saturated carbocycles. The van der Waals surface area contributed by atoms with Crippen LogP contribution in [0.5, 0.6) is 0 Å². The largest absolute Gasteiger partial charge is 0.463 e. The first-order chi connectivity index (χ1) is 5.13. The average molecular weight is 159 g/mol. The lowest BCUT2D eigenvalue weighted by Gasteiger charge is -2.07. The van der Waals surface area contributed by atoms with Crippen molar-refractivity contribution in [3.8, 4) is 0 Å². The molecular formula is C7H11O4. The summed E-state index contributed by atoms with van der Waals surface area (Å²) in [6, 6.07) is 0. The number of ether oxygens (including phenoxy) is 1. The molecule has 1 radical (unpaired) electrons. The molecule has 1 unspecified atom stereocenters. The molecule has 0 saturated heterocycles. The molecule has 11 heavy (non-hydrogen) atoms. The van der Waals surface area contributed by atoms with Gasteiger partial charge in [0.2, 0.25) is 0 Å². The zero-order valence-corrected chi connectivity index (χ0v) is 6.62. The van der Waals surface area contributed by atoms with Crippen LogP contribution in [0.15, 0.2) is 12.2 Å². The van der Waals surface area contributed by atoms with Crippen molar-refractivity contribution in [2.45, 2.75) is 20.0 Å². The molecular weight excluding hydrogens is 148 g/mol. The number of esters is 1. The molecule has 4 heteroatoms. The smallest absolute Gasteiger partial charge is 0.336 e. The fourth-order valence-corrected chi connectivity index (χ4v) is 0.448. The minimum absolute atomic E-state index is 0.0434. The van der Waals surface area contributed by atoms with E-state index in [1.165, 1.54) is 6.92 Å². The van der Waals surface area contributed by atoms with Crippen LogP contribution in [0, 0.1) is 0 Å². The van der Waals surface area contributed by atoms with Gasteiger partial charge in [-0.3, -0.25) is 0 Å². The van der Waals surface area contributed by atoms with Crippen LogP contribution in [0.25, 0.3) is 0 Å². The Balaban J connectivity index is 3.92. The van der Waals surface area contributed by atoms with Gasteiger partial charge in [-0.2, -0.15) is 4.89 Å². The van der Waals surface area contributed by atoms with Crippen molar-refractivity contribution < 1.29 is 19.7 Å². The van der Waals surface area contributed by atoms with Gasteiger partial charge in [0.15, 0.2) is 0 Å². The molecule has 0 fully saturated rings. The van der Waals surface area contributed by atoms with E-state index in [1.54, 1.807) is 6.92 Å². The van der Waals surface area contributed by atoms with Crippen LogP contribution in [-0.2, 0) is 19.7 Å². The van der Waals surface area contributed by atoms with Crippen molar-refractivity contribution >= 4 is 5.97 Å². The number of hydrogen-bond acceptors (Lipinski definition) is 3. The van der Waals surface area contributed by atoms with E-state index < -0.39 is 12.1 Å². The standard InChI is InChI=1S/C7H11O4/c1-4-10-7(8)5(2)6(3)11-9/h6H,2,4H2,1,3H3. The second-order valence-corrected chi connectivity index (χ2v) is 1.98. The van der Waals surface area contributed by atoms with Crippen LogP contribution in [0.3, 0.4) is 0 Å². The molecule has 0 amide bonds. The fourth-order valence-electron chi connectivity index (χ4n) is 0.448. The maximum absolute atomic E-state index is 10.8. The molecule has 0 aromatic heterocycles. The Bertz CT molecular complexity index is 153. The van der Waals surface area contributed by atoms with E-state index in [2.05, 4.69) is 16.2 Å². The van der Waals surface area contributed by atoms with E-state index in [4.69, 9.17) is 0 Å². The van der Waals surface area contributed by atoms with Gasteiger partial charge in [0.25, 0.3) is 0 Å². The third-order valence-corrected chi connectivity index (χ3v) is 1.17. The van der Waals surface area contributed by atoms with Crippen LogP contribution in [0.1, 0.15) is 13.8 Å². The maximum atomic E-state index is 10.8. The first-order valence-electron chi connectivity index (χ1n) is 3.28. The van der Waals surface area contributed by atoms with Crippen LogP contribution in [0.2, 0.25) is 0 Å². The quantitative estimate of drug-likeness (QED) is 0.264. The summed E-state index contributed by atoms with van der Waals surface area (Å²) in [5.74, 6) is -0.587. The van der Waals surface area contributed by atoms with Crippen LogP contribution >= 0.6 is 0 Å². The van der Waals surface area contributed by atoms with Gasteiger partial charge >= 0.3 is 5.97 Å². The highest BCUT2D eigenvalue weighted by Gasteiger charge is 2.16. The van der Waals surface area contributed by atoms with Gasteiger partial charge < -0.3 is 4.74 Å². The summed E-state index contributed by atoms with van der Waals surface area (Å²) in [6.07, 6.45) is -0.825. The summed E-state index contributed by atoms with van der Waals surface area (Å²) in [7, 11) is 0. The molecule has 0 spiro atoms. The maximum Gasteiger partial charge on any atom is 0.336 e. The fraction of sp³-hybridized carbons (Fsp3) is 0.571. The molecule has 0 bridgehead atoms. The minimum atomic E-state index is -0.825. The lowest BCUT2D eigenvalue weighted by molar-refractivity contribution is -0.322. The molecule has 0 N–H and O–H groups in total. The SMILES string of the molecule is C=C(C(=O)OCC)C(C)O[O]. The van der Waals surface area contributed by atoms with Crippen molar-refractivity contribution in [1.29, 1.82) is 0 Å². The average Bonchev–Trinajstić information content (AvgIpc) is 2.02. The zero-order valence-electron chi connectivity index (χ0n) is 6.62. The topological polar surface area (TPSA) is 55.4 Å². The van der Waals surface area contributed by atoms with Gasteiger partial charge in [-0.05, 0) is 19.1 Å². The molecule has 0 aliphatic rings. The first-order valence-corrected chi connectivity index (χ1v) is 3.28. The van der Waals surface area contributed by atoms with Crippen LogP contribution in [-0.4, -0.2) is 18.7 Å². The lowest BCUT2D eigenvalue weighted by atomic mass is 10.2. The monoisotopic (exact) mass is 159 g/mol. The summed E-state index contributed by atoms with van der Waals surface area (Å²) in [5, 5.41) is 9.81. The Morgan fingerprint density at radius 1 is 1.64 bits per heavy atom. The van der Waals surface area contributed by atoms with Crippen molar-refractivity contribution in [3.05, 3.63) is 12.2 Å². The van der Waals surface area contributed by atoms with E-state index in [-0.39, 0.29) is 12.2 Å². The highest BCUT2D eigenvalue weighted by atomic mass is 17.1. The number of carbonyl (C=O) groups excluding carboxylic acids is 1. The third kappa shape index (κ3) is 3.15. The van der Waals surface area contributed by atoms with E-state index in [1.807, 2.05) is 0 Å². The predicted octanol–water partition coefficient (Wildman–Crippen LogP) is 0.856. The van der Waals surface area contributed by atoms with Gasteiger partial charge in [0.1, 0.15) is 6.10 Å². The van der Waals surface area contributed by atoms with Crippen molar-refractivity contribution in [1.82, 2.24) is 0 Å². The molecule has 0 heterocycles. The molecule has 0 rings (SSSR count). The van der Waals surface area contributed by atoms with Crippen LogP contribution in [0.4, 0.5) is 0 Å². The molecule has 0 aromatic carbocycles. The van der Waals surface area contributed by atoms with E-state index in [0.29, 0.717) is 0 Å². The van der Waals surface area contributed by atoms with Crippen LogP contribution < -0.4 is 0 Å². The highest BCUT2D eigenvalue weighted by Crippen LogP contribution is 2.04. The zero-order chi connectivity index (χ0) is 8.85. The number of hydrogen-bond donors (Lipinski definition) is 0. The Morgan fingerprint density at radius 3 is 2.55 bits per heavy atom. The van der Waals surface area contributed by atoms with Crippen molar-refractivity contribution in [2.75, 3.05) is 6.61 Å². The van der Waals surface area contributed by atoms with Gasteiger partial charge in [-0.1, -0.05) is 6.58 Å². The molecule has 0 aliphatic carbocycles. The summed E-state index contributed by atoms with van der Waals surface area (Å²) in [4.78, 5) is 14.4. The Morgan fingerprint density at radius 2 is 2.18 bits per heavy atom. The lowest BCUT2D eigenvalue weighted by Crippen LogP contribution is -2.18. The second-order valence-electron chi connectivity index (χ2n) is 1.98. The Labute approximate surface area is 65.4 Å². The number of rotatable bonds is 4. The second kappa shape index (κ2) is 4.87. The first kappa shape index (κ1) is 10.1.